The van der Waals surface area contributed by atoms with E-state index in [2.05, 4.69) is 15.5 Å². The Morgan fingerprint density at radius 2 is 1.36 bits per heavy atom. The lowest BCUT2D eigenvalue weighted by molar-refractivity contribution is -0.113. The van der Waals surface area contributed by atoms with Crippen molar-refractivity contribution in [2.24, 2.45) is 0 Å². The fourth-order valence-corrected chi connectivity index (χ4v) is 4.33. The summed E-state index contributed by atoms with van der Waals surface area (Å²) >= 11 is 1.19. The van der Waals surface area contributed by atoms with Crippen LogP contribution in [0.5, 0.6) is 23.0 Å². The molecule has 0 saturated heterocycles. The maximum Gasteiger partial charge on any atom is 0.234 e. The Bertz CT molecular complexity index is 1400. The van der Waals surface area contributed by atoms with Gasteiger partial charge >= 0.3 is 0 Å². The van der Waals surface area contributed by atoms with Crippen LogP contribution in [0, 0.1) is 0 Å². The van der Waals surface area contributed by atoms with Crippen LogP contribution in [0.2, 0.25) is 0 Å². The highest BCUT2D eigenvalue weighted by Gasteiger charge is 2.16. The number of rotatable bonds is 12. The zero-order valence-corrected chi connectivity index (χ0v) is 23.1. The number of amides is 1. The molecule has 0 spiro atoms. The minimum Gasteiger partial charge on any atom is -0.497 e. The predicted octanol–water partition coefficient (Wildman–Crippen LogP) is 5.75. The van der Waals surface area contributed by atoms with Gasteiger partial charge in [0.15, 0.2) is 0 Å². The van der Waals surface area contributed by atoms with E-state index >= 15 is 0 Å². The summed E-state index contributed by atoms with van der Waals surface area (Å²) in [5.74, 6) is 2.52. The highest BCUT2D eigenvalue weighted by Crippen LogP contribution is 2.32. The number of hydrogen-bond acceptors (Lipinski definition) is 9. The van der Waals surface area contributed by atoms with E-state index < -0.39 is 0 Å². The van der Waals surface area contributed by atoms with E-state index in [1.165, 1.54) is 11.8 Å². The molecule has 1 heterocycles. The second-order valence-electron chi connectivity index (χ2n) is 8.11. The molecule has 202 valence electrons. The quantitative estimate of drug-likeness (QED) is 0.222. The maximum absolute atomic E-state index is 12.8. The largest absolute Gasteiger partial charge is 0.497 e. The van der Waals surface area contributed by atoms with Crippen molar-refractivity contribution >= 4 is 23.4 Å². The Kier molecular flexibility index (Phi) is 9.58. The van der Waals surface area contributed by atoms with Gasteiger partial charge in [-0.15, -0.1) is 10.2 Å². The van der Waals surface area contributed by atoms with Crippen molar-refractivity contribution in [1.29, 1.82) is 0 Å². The number of aromatic nitrogens is 3. The van der Waals surface area contributed by atoms with Crippen molar-refractivity contribution < 1.29 is 23.7 Å². The average Bonchev–Trinajstić information content (AvgIpc) is 2.97. The molecule has 0 aliphatic rings. The molecule has 39 heavy (non-hydrogen) atoms. The van der Waals surface area contributed by atoms with Gasteiger partial charge in [-0.25, -0.2) is 4.98 Å². The molecule has 0 unspecified atom stereocenters. The van der Waals surface area contributed by atoms with Crippen LogP contribution in [0.4, 0.5) is 5.69 Å². The third kappa shape index (κ3) is 7.17. The van der Waals surface area contributed by atoms with Crippen molar-refractivity contribution in [2.75, 3.05) is 38.5 Å². The van der Waals surface area contributed by atoms with Crippen LogP contribution < -0.4 is 24.3 Å². The molecule has 1 aromatic heterocycles. The normalized spacial score (nSPS) is 10.6. The van der Waals surface area contributed by atoms with Crippen molar-refractivity contribution in [1.82, 2.24) is 15.2 Å². The number of anilines is 1. The Morgan fingerprint density at radius 3 is 1.92 bits per heavy atom. The molecule has 9 nitrogen and oxygen atoms in total. The third-order valence-electron chi connectivity index (χ3n) is 5.56. The van der Waals surface area contributed by atoms with Gasteiger partial charge < -0.3 is 24.3 Å². The summed E-state index contributed by atoms with van der Waals surface area (Å²) < 4.78 is 21.8. The number of ether oxygens (including phenoxy) is 4. The first-order valence-electron chi connectivity index (χ1n) is 12.4. The van der Waals surface area contributed by atoms with Crippen LogP contribution in [0.15, 0.2) is 71.9 Å². The first-order chi connectivity index (χ1) is 19.0. The molecule has 10 heteroatoms. The Hall–Kier alpha value is -4.31. The van der Waals surface area contributed by atoms with Gasteiger partial charge in [-0.2, -0.15) is 0 Å². The topological polar surface area (TPSA) is 105 Å². The summed E-state index contributed by atoms with van der Waals surface area (Å²) in [4.78, 5) is 17.5. The molecule has 0 fully saturated rings. The summed E-state index contributed by atoms with van der Waals surface area (Å²) in [6.45, 7) is 5.05. The van der Waals surface area contributed by atoms with Crippen molar-refractivity contribution in [2.45, 2.75) is 19.0 Å². The standard InChI is InChI=1S/C29H30N4O5S/c1-5-37-21-11-7-19(8-12-21)27-28(20-9-13-22(14-10-20)38-6-2)32-33-29(31-27)39-18-26(34)30-24-17-23(35-3)15-16-25(24)36-4/h7-17H,5-6,18H2,1-4H3,(H,30,34). The predicted molar refractivity (Wildman–Crippen MR) is 152 cm³/mol. The van der Waals surface area contributed by atoms with Crippen LogP contribution in [0.25, 0.3) is 22.5 Å². The maximum atomic E-state index is 12.8. The molecular formula is C29H30N4O5S. The first kappa shape index (κ1) is 27.7. The van der Waals surface area contributed by atoms with Gasteiger partial charge in [0.25, 0.3) is 0 Å². The number of hydrogen-bond donors (Lipinski definition) is 1. The van der Waals surface area contributed by atoms with E-state index in [1.807, 2.05) is 62.4 Å². The second-order valence-corrected chi connectivity index (χ2v) is 9.05. The molecule has 0 aliphatic heterocycles. The SMILES string of the molecule is CCOc1ccc(-c2nnc(SCC(=O)Nc3cc(OC)ccc3OC)nc2-c2ccc(OCC)cc2)cc1. The summed E-state index contributed by atoms with van der Waals surface area (Å²) in [5.41, 5.74) is 3.49. The van der Waals surface area contributed by atoms with E-state index in [-0.39, 0.29) is 11.7 Å². The van der Waals surface area contributed by atoms with Gasteiger partial charge in [0.2, 0.25) is 11.1 Å². The molecule has 4 rings (SSSR count). The molecule has 0 radical (unpaired) electrons. The van der Waals surface area contributed by atoms with Gasteiger partial charge in [-0.05, 0) is 74.5 Å². The fourth-order valence-electron chi connectivity index (χ4n) is 3.75. The molecule has 0 atom stereocenters. The van der Waals surface area contributed by atoms with Gasteiger partial charge in [-0.1, -0.05) is 11.8 Å². The molecule has 3 aromatic carbocycles. The number of thioether (sulfide) groups is 1. The smallest absolute Gasteiger partial charge is 0.234 e. The Morgan fingerprint density at radius 1 is 0.769 bits per heavy atom. The molecular weight excluding hydrogens is 516 g/mol. The number of benzene rings is 3. The number of nitrogens with one attached hydrogen (secondary N) is 1. The van der Waals surface area contributed by atoms with E-state index in [0.717, 1.165) is 22.6 Å². The van der Waals surface area contributed by atoms with E-state index in [1.54, 1.807) is 32.4 Å². The Labute approximate surface area is 231 Å². The van der Waals surface area contributed by atoms with Crippen LogP contribution in [-0.4, -0.2) is 54.3 Å². The lowest BCUT2D eigenvalue weighted by atomic mass is 10.0. The summed E-state index contributed by atoms with van der Waals surface area (Å²) in [7, 11) is 3.10. The minimum absolute atomic E-state index is 0.0765. The second kappa shape index (κ2) is 13.5. The van der Waals surface area contributed by atoms with Gasteiger partial charge in [0, 0.05) is 17.2 Å². The number of carbonyl (C=O) groups excluding carboxylic acids is 1. The van der Waals surface area contributed by atoms with E-state index in [4.69, 9.17) is 23.9 Å². The molecule has 0 aliphatic carbocycles. The summed E-state index contributed by atoms with van der Waals surface area (Å²) in [6, 6.07) is 20.5. The van der Waals surface area contributed by atoms with Gasteiger partial charge in [-0.3, -0.25) is 4.79 Å². The van der Waals surface area contributed by atoms with Crippen LogP contribution in [0.3, 0.4) is 0 Å². The first-order valence-corrected chi connectivity index (χ1v) is 13.4. The average molecular weight is 547 g/mol. The zero-order valence-electron chi connectivity index (χ0n) is 22.3. The molecule has 1 amide bonds. The van der Waals surface area contributed by atoms with E-state index in [9.17, 15) is 4.79 Å². The van der Waals surface area contributed by atoms with Crippen LogP contribution in [0.1, 0.15) is 13.8 Å². The molecule has 0 saturated carbocycles. The summed E-state index contributed by atoms with van der Waals surface area (Å²) in [5, 5.41) is 12.0. The van der Waals surface area contributed by atoms with Crippen molar-refractivity contribution in [3.8, 4) is 45.5 Å². The van der Waals surface area contributed by atoms with Crippen LogP contribution >= 0.6 is 11.8 Å². The van der Waals surface area contributed by atoms with Crippen molar-refractivity contribution in [3.05, 3.63) is 66.7 Å². The van der Waals surface area contributed by atoms with Crippen molar-refractivity contribution in [3.63, 3.8) is 0 Å². The number of carbonyl (C=O) groups is 1. The molecule has 4 aromatic rings. The number of nitrogens with zero attached hydrogens (tertiary/aromatic N) is 3. The van der Waals surface area contributed by atoms with Gasteiger partial charge in [0.1, 0.15) is 34.4 Å². The number of methoxy groups -OCH3 is 2. The minimum atomic E-state index is -0.242. The third-order valence-corrected chi connectivity index (χ3v) is 6.40. The van der Waals surface area contributed by atoms with Gasteiger partial charge in [0.05, 0.1) is 38.9 Å². The highest BCUT2D eigenvalue weighted by atomic mass is 32.2. The monoisotopic (exact) mass is 546 g/mol. The fraction of sp³-hybridized carbons (Fsp3) is 0.241. The van der Waals surface area contributed by atoms with Crippen LogP contribution in [-0.2, 0) is 4.79 Å². The zero-order chi connectivity index (χ0) is 27.6. The Balaban J connectivity index is 1.58. The molecule has 0 bridgehead atoms. The van der Waals surface area contributed by atoms with E-state index in [0.29, 0.717) is 46.9 Å². The molecule has 1 N–H and O–H groups in total. The lowest BCUT2D eigenvalue weighted by Crippen LogP contribution is -2.15. The lowest BCUT2D eigenvalue weighted by Gasteiger charge is -2.12. The highest BCUT2D eigenvalue weighted by molar-refractivity contribution is 7.99. The summed E-state index contributed by atoms with van der Waals surface area (Å²) in [6.07, 6.45) is 0.